The number of nitrogen functional groups attached to an aromatic ring is 1. The summed E-state index contributed by atoms with van der Waals surface area (Å²) in [6.07, 6.45) is 1.09. The number of nitrogens with zero attached hydrogens (tertiary/aromatic N) is 2. The van der Waals surface area contributed by atoms with Crippen molar-refractivity contribution in [2.45, 2.75) is 4.90 Å². The molecule has 0 aliphatic carbocycles. The highest BCUT2D eigenvalue weighted by atomic mass is 32.2. The van der Waals surface area contributed by atoms with Gasteiger partial charge in [0.25, 0.3) is 5.91 Å². The minimum atomic E-state index is -3.33. The van der Waals surface area contributed by atoms with E-state index in [0.29, 0.717) is 5.69 Å². The van der Waals surface area contributed by atoms with Crippen LogP contribution in [0, 0.1) is 0 Å². The summed E-state index contributed by atoms with van der Waals surface area (Å²) in [6, 6.07) is 5.89. The van der Waals surface area contributed by atoms with Gasteiger partial charge in [-0.1, -0.05) is 6.07 Å². The minimum Gasteiger partial charge on any atom is -0.366 e. The molecule has 1 aromatic heterocycles. The second-order valence-corrected chi connectivity index (χ2v) is 5.81. The number of rotatable bonds is 3. The van der Waals surface area contributed by atoms with E-state index in [2.05, 4.69) is 20.5 Å². The fraction of sp³-hybridized carbons (Fsp3) is 0.100. The maximum absolute atomic E-state index is 11.7. The highest BCUT2D eigenvalue weighted by molar-refractivity contribution is 7.90. The SMILES string of the molecule is CS(=O)(=O)c1cccc(NC(=O)c2nc(N)n[nH]2)c1. The van der Waals surface area contributed by atoms with Gasteiger partial charge in [0.05, 0.1) is 4.90 Å². The highest BCUT2D eigenvalue weighted by Gasteiger charge is 2.12. The number of anilines is 2. The Balaban J connectivity index is 2.22. The molecule has 0 aliphatic rings. The Bertz CT molecular complexity index is 722. The van der Waals surface area contributed by atoms with Gasteiger partial charge in [-0.25, -0.2) is 8.42 Å². The minimum absolute atomic E-state index is 0.0463. The smallest absolute Gasteiger partial charge is 0.293 e. The Morgan fingerprint density at radius 2 is 2.16 bits per heavy atom. The van der Waals surface area contributed by atoms with Crippen LogP contribution in [0.3, 0.4) is 0 Å². The molecule has 0 fully saturated rings. The lowest BCUT2D eigenvalue weighted by molar-refractivity contribution is 0.101. The molecule has 1 amide bonds. The number of benzene rings is 1. The maximum atomic E-state index is 11.7. The zero-order valence-electron chi connectivity index (χ0n) is 9.91. The lowest BCUT2D eigenvalue weighted by Gasteiger charge is -2.04. The molecule has 8 nitrogen and oxygen atoms in total. The summed E-state index contributed by atoms with van der Waals surface area (Å²) < 4.78 is 22.8. The number of aromatic nitrogens is 3. The van der Waals surface area contributed by atoms with Gasteiger partial charge in [-0.2, -0.15) is 4.98 Å². The van der Waals surface area contributed by atoms with Crippen LogP contribution in [0.1, 0.15) is 10.6 Å². The Hall–Kier alpha value is -2.42. The number of aromatic amines is 1. The summed E-state index contributed by atoms with van der Waals surface area (Å²) in [5.41, 5.74) is 5.61. The van der Waals surface area contributed by atoms with E-state index in [4.69, 9.17) is 5.73 Å². The number of amides is 1. The third-order valence-electron chi connectivity index (χ3n) is 2.24. The van der Waals surface area contributed by atoms with Crippen LogP contribution in [0.15, 0.2) is 29.2 Å². The molecule has 0 unspecified atom stereocenters. The average molecular weight is 281 g/mol. The van der Waals surface area contributed by atoms with Crippen LogP contribution < -0.4 is 11.1 Å². The van der Waals surface area contributed by atoms with Gasteiger partial charge in [0, 0.05) is 11.9 Å². The molecule has 0 aliphatic heterocycles. The third kappa shape index (κ3) is 3.07. The predicted molar refractivity (Wildman–Crippen MR) is 68.3 cm³/mol. The quantitative estimate of drug-likeness (QED) is 0.728. The van der Waals surface area contributed by atoms with E-state index in [1.165, 1.54) is 18.2 Å². The molecule has 100 valence electrons. The molecule has 0 atom stereocenters. The summed E-state index contributed by atoms with van der Waals surface area (Å²) in [6.45, 7) is 0. The summed E-state index contributed by atoms with van der Waals surface area (Å²) in [4.78, 5) is 15.5. The number of sulfone groups is 1. The monoisotopic (exact) mass is 281 g/mol. The Labute approximate surface area is 109 Å². The third-order valence-corrected chi connectivity index (χ3v) is 3.35. The van der Waals surface area contributed by atoms with Gasteiger partial charge in [0.15, 0.2) is 9.84 Å². The van der Waals surface area contributed by atoms with Gasteiger partial charge in [0.1, 0.15) is 0 Å². The molecule has 2 rings (SSSR count). The lowest BCUT2D eigenvalue weighted by Crippen LogP contribution is -2.14. The number of nitrogens with one attached hydrogen (secondary N) is 2. The molecule has 19 heavy (non-hydrogen) atoms. The van der Waals surface area contributed by atoms with Crippen molar-refractivity contribution < 1.29 is 13.2 Å². The lowest BCUT2D eigenvalue weighted by atomic mass is 10.3. The van der Waals surface area contributed by atoms with E-state index in [0.717, 1.165) is 6.26 Å². The molecule has 0 spiro atoms. The van der Waals surface area contributed by atoms with Crippen molar-refractivity contribution in [1.29, 1.82) is 0 Å². The first-order chi connectivity index (χ1) is 8.86. The summed E-state index contributed by atoms with van der Waals surface area (Å²) in [7, 11) is -3.33. The van der Waals surface area contributed by atoms with Crippen LogP contribution in [0.5, 0.6) is 0 Å². The van der Waals surface area contributed by atoms with Crippen LogP contribution >= 0.6 is 0 Å². The second kappa shape index (κ2) is 4.69. The second-order valence-electron chi connectivity index (χ2n) is 3.80. The number of hydrogen-bond donors (Lipinski definition) is 3. The Morgan fingerprint density at radius 3 is 2.74 bits per heavy atom. The number of carbonyl (C=O) groups excluding carboxylic acids is 1. The highest BCUT2D eigenvalue weighted by Crippen LogP contribution is 2.15. The van der Waals surface area contributed by atoms with Gasteiger partial charge >= 0.3 is 0 Å². The van der Waals surface area contributed by atoms with Crippen molar-refractivity contribution in [2.24, 2.45) is 0 Å². The van der Waals surface area contributed by atoms with Crippen LogP contribution in [-0.2, 0) is 9.84 Å². The van der Waals surface area contributed by atoms with E-state index < -0.39 is 15.7 Å². The van der Waals surface area contributed by atoms with Crippen LogP contribution in [0.2, 0.25) is 0 Å². The van der Waals surface area contributed by atoms with Gasteiger partial charge in [-0.05, 0) is 18.2 Å². The van der Waals surface area contributed by atoms with Crippen molar-refractivity contribution in [1.82, 2.24) is 15.2 Å². The van der Waals surface area contributed by atoms with E-state index in [-0.39, 0.29) is 16.7 Å². The summed E-state index contributed by atoms with van der Waals surface area (Å²) in [5, 5.41) is 8.37. The molecule has 4 N–H and O–H groups in total. The molecular formula is C10H11N5O3S. The zero-order valence-corrected chi connectivity index (χ0v) is 10.7. The predicted octanol–water partition coefficient (Wildman–Crippen LogP) is 0.0427. The Kier molecular flexibility index (Phi) is 3.21. The number of carbonyl (C=O) groups is 1. The summed E-state index contributed by atoms with van der Waals surface area (Å²) >= 11 is 0. The van der Waals surface area contributed by atoms with Crippen molar-refractivity contribution in [3.05, 3.63) is 30.1 Å². The molecule has 0 bridgehead atoms. The van der Waals surface area contributed by atoms with E-state index >= 15 is 0 Å². The number of H-pyrrole nitrogens is 1. The van der Waals surface area contributed by atoms with Crippen LogP contribution in [0.25, 0.3) is 0 Å². The van der Waals surface area contributed by atoms with Gasteiger partial charge < -0.3 is 11.1 Å². The normalized spacial score (nSPS) is 11.2. The molecular weight excluding hydrogens is 270 g/mol. The van der Waals surface area contributed by atoms with E-state index in [1.54, 1.807) is 6.07 Å². The first kappa shape index (κ1) is 13.0. The van der Waals surface area contributed by atoms with E-state index in [1.807, 2.05) is 0 Å². The van der Waals surface area contributed by atoms with Crippen molar-refractivity contribution in [3.63, 3.8) is 0 Å². The first-order valence-corrected chi connectivity index (χ1v) is 7.05. The van der Waals surface area contributed by atoms with Crippen LogP contribution in [-0.4, -0.2) is 35.8 Å². The molecule has 0 saturated heterocycles. The number of hydrogen-bond acceptors (Lipinski definition) is 6. The largest absolute Gasteiger partial charge is 0.366 e. The van der Waals surface area contributed by atoms with Crippen LogP contribution in [0.4, 0.5) is 11.6 Å². The maximum Gasteiger partial charge on any atom is 0.293 e. The average Bonchev–Trinajstić information content (AvgIpc) is 2.75. The van der Waals surface area contributed by atoms with Gasteiger partial charge in [0.2, 0.25) is 11.8 Å². The fourth-order valence-corrected chi connectivity index (χ4v) is 2.04. The van der Waals surface area contributed by atoms with Crippen molar-refractivity contribution >= 4 is 27.4 Å². The molecule has 1 heterocycles. The first-order valence-electron chi connectivity index (χ1n) is 5.15. The van der Waals surface area contributed by atoms with Crippen molar-refractivity contribution in [2.75, 3.05) is 17.3 Å². The van der Waals surface area contributed by atoms with E-state index in [9.17, 15) is 13.2 Å². The Morgan fingerprint density at radius 1 is 1.42 bits per heavy atom. The number of nitrogens with two attached hydrogens (primary N) is 1. The van der Waals surface area contributed by atoms with Gasteiger partial charge in [-0.3, -0.25) is 9.89 Å². The molecule has 1 aromatic carbocycles. The molecule has 2 aromatic rings. The molecule has 0 saturated carbocycles. The summed E-state index contributed by atoms with van der Waals surface area (Å²) in [5.74, 6) is -0.660. The fourth-order valence-electron chi connectivity index (χ4n) is 1.37. The molecule has 9 heteroatoms. The molecule has 0 radical (unpaired) electrons. The van der Waals surface area contributed by atoms with Crippen molar-refractivity contribution in [3.8, 4) is 0 Å². The zero-order chi connectivity index (χ0) is 14.0. The standard InChI is InChI=1S/C10H11N5O3S/c1-19(17,18)7-4-2-3-6(5-7)12-9(16)8-13-10(11)15-14-8/h2-5H,1H3,(H,12,16)(H3,11,13,14,15). The topological polar surface area (TPSA) is 131 Å². The van der Waals surface area contributed by atoms with Gasteiger partial charge in [-0.15, -0.1) is 5.10 Å².